The maximum Gasteiger partial charge on any atom is 0.434 e. The summed E-state index contributed by atoms with van der Waals surface area (Å²) in [5.74, 6) is 0.965. The molecular formula is C25H18F6N6O. The van der Waals surface area contributed by atoms with Gasteiger partial charge in [0.25, 0.3) is 5.89 Å². The fourth-order valence-electron chi connectivity index (χ4n) is 3.90. The van der Waals surface area contributed by atoms with Gasteiger partial charge >= 0.3 is 12.4 Å². The van der Waals surface area contributed by atoms with Crippen molar-refractivity contribution < 1.29 is 30.9 Å². The molecule has 0 atom stereocenters. The third kappa shape index (κ3) is 5.04. The van der Waals surface area contributed by atoms with Crippen molar-refractivity contribution in [1.29, 1.82) is 0 Å². The van der Waals surface area contributed by atoms with Crippen LogP contribution >= 0.6 is 0 Å². The minimum absolute atomic E-state index is 0.165. The quantitative estimate of drug-likeness (QED) is 0.253. The van der Waals surface area contributed by atoms with E-state index in [0.717, 1.165) is 18.0 Å². The van der Waals surface area contributed by atoms with Crippen LogP contribution in [0.5, 0.6) is 0 Å². The molecule has 0 fully saturated rings. The first-order valence-corrected chi connectivity index (χ1v) is 11.1. The first-order chi connectivity index (χ1) is 17.9. The number of nitrogens with zero attached hydrogens (tertiary/aromatic N) is 6. The molecule has 0 spiro atoms. The Kier molecular flexibility index (Phi) is 6.08. The van der Waals surface area contributed by atoms with Gasteiger partial charge in [0.15, 0.2) is 17.2 Å². The molecule has 0 aliphatic heterocycles. The Labute approximate surface area is 211 Å². The van der Waals surface area contributed by atoms with Gasteiger partial charge in [-0.15, -0.1) is 0 Å². The van der Waals surface area contributed by atoms with Crippen LogP contribution in [0.15, 0.2) is 65.4 Å². The molecule has 0 unspecified atom stereocenters. The highest BCUT2D eigenvalue weighted by Gasteiger charge is 2.35. The Morgan fingerprint density at radius 1 is 0.658 bits per heavy atom. The lowest BCUT2D eigenvalue weighted by molar-refractivity contribution is -0.141. The highest BCUT2D eigenvalue weighted by atomic mass is 19.4. The molecule has 0 aliphatic rings. The molecule has 0 saturated carbocycles. The molecule has 5 aromatic rings. The molecule has 2 aromatic carbocycles. The van der Waals surface area contributed by atoms with Gasteiger partial charge in [-0.1, -0.05) is 41.6 Å². The zero-order valence-corrected chi connectivity index (χ0v) is 19.8. The summed E-state index contributed by atoms with van der Waals surface area (Å²) in [5.41, 5.74) is 0.453. The molecule has 7 nitrogen and oxygen atoms in total. The monoisotopic (exact) mass is 532 g/mol. The van der Waals surface area contributed by atoms with Crippen molar-refractivity contribution in [1.82, 2.24) is 29.2 Å². The third-order valence-electron chi connectivity index (χ3n) is 5.77. The molecule has 13 heteroatoms. The average Bonchev–Trinajstić information content (AvgIpc) is 3.58. The van der Waals surface area contributed by atoms with Crippen LogP contribution in [-0.2, 0) is 32.9 Å². The predicted molar refractivity (Wildman–Crippen MR) is 123 cm³/mol. The summed E-state index contributed by atoms with van der Waals surface area (Å²) >= 11 is 0. The molecular weight excluding hydrogens is 514 g/mol. The van der Waals surface area contributed by atoms with E-state index in [9.17, 15) is 26.3 Å². The topological polar surface area (TPSA) is 74.6 Å². The van der Waals surface area contributed by atoms with Crippen molar-refractivity contribution in [2.45, 2.75) is 18.8 Å². The number of aryl methyl sites for hydroxylation is 2. The number of alkyl halides is 6. The number of aromatic nitrogens is 6. The molecule has 38 heavy (non-hydrogen) atoms. The molecule has 196 valence electrons. The van der Waals surface area contributed by atoms with Crippen LogP contribution in [-0.4, -0.2) is 29.2 Å². The zero-order chi connectivity index (χ0) is 27.2. The van der Waals surface area contributed by atoms with E-state index in [1.807, 2.05) is 0 Å². The van der Waals surface area contributed by atoms with Crippen molar-refractivity contribution in [2.24, 2.45) is 14.1 Å². The summed E-state index contributed by atoms with van der Waals surface area (Å²) in [4.78, 5) is 11.7. The molecule has 0 aliphatic carbocycles. The largest absolute Gasteiger partial charge is 0.434 e. The van der Waals surface area contributed by atoms with Crippen molar-refractivity contribution in [2.75, 3.05) is 0 Å². The van der Waals surface area contributed by atoms with Crippen LogP contribution in [0.1, 0.15) is 22.8 Å². The number of benzene rings is 2. The smallest absolute Gasteiger partial charge is 0.334 e. The summed E-state index contributed by atoms with van der Waals surface area (Å²) in [6.07, 6.45) is -6.89. The molecule has 0 amide bonds. The van der Waals surface area contributed by atoms with Crippen LogP contribution in [0, 0.1) is 0 Å². The van der Waals surface area contributed by atoms with Gasteiger partial charge in [0.2, 0.25) is 0 Å². The normalized spacial score (nSPS) is 12.3. The maximum absolute atomic E-state index is 12.9. The summed E-state index contributed by atoms with van der Waals surface area (Å²) < 4.78 is 85.6. The molecule has 5 rings (SSSR count). The van der Waals surface area contributed by atoms with E-state index in [1.165, 1.54) is 23.2 Å². The lowest BCUT2D eigenvalue weighted by Gasteiger charge is -2.03. The van der Waals surface area contributed by atoms with E-state index in [4.69, 9.17) is 4.52 Å². The van der Waals surface area contributed by atoms with Crippen LogP contribution < -0.4 is 0 Å². The van der Waals surface area contributed by atoms with Gasteiger partial charge in [-0.25, -0.2) is 9.97 Å². The molecule has 3 heterocycles. The molecule has 0 N–H and O–H groups in total. The van der Waals surface area contributed by atoms with Gasteiger partial charge in [0.05, 0.1) is 0 Å². The van der Waals surface area contributed by atoms with Gasteiger partial charge in [-0.3, -0.25) is 0 Å². The molecule has 0 radical (unpaired) electrons. The number of rotatable bonds is 5. The summed E-state index contributed by atoms with van der Waals surface area (Å²) in [6.45, 7) is 0. The van der Waals surface area contributed by atoms with E-state index in [0.29, 0.717) is 28.9 Å². The minimum atomic E-state index is -4.54. The van der Waals surface area contributed by atoms with Crippen molar-refractivity contribution in [3.05, 3.63) is 83.7 Å². The molecule has 3 aromatic heterocycles. The number of hydrogen-bond donors (Lipinski definition) is 0. The number of hydrogen-bond acceptors (Lipinski definition) is 5. The van der Waals surface area contributed by atoms with Crippen LogP contribution in [0.2, 0.25) is 0 Å². The number of imidazole rings is 2. The fourth-order valence-corrected chi connectivity index (χ4v) is 3.90. The Bertz CT molecular complexity index is 1580. The third-order valence-corrected chi connectivity index (χ3v) is 5.77. The van der Waals surface area contributed by atoms with Gasteiger partial charge in [0, 0.05) is 49.6 Å². The van der Waals surface area contributed by atoms with Crippen molar-refractivity contribution >= 4 is 0 Å². The fraction of sp³-hybridized carbons (Fsp3) is 0.200. The Morgan fingerprint density at radius 2 is 1.11 bits per heavy atom. The van der Waals surface area contributed by atoms with Crippen LogP contribution in [0.3, 0.4) is 0 Å². The predicted octanol–water partition coefficient (Wildman–Crippen LogP) is 6.17. The first-order valence-electron chi connectivity index (χ1n) is 11.1. The van der Waals surface area contributed by atoms with Crippen LogP contribution in [0.4, 0.5) is 26.3 Å². The lowest BCUT2D eigenvalue weighted by Crippen LogP contribution is -2.04. The highest BCUT2D eigenvalue weighted by molar-refractivity contribution is 5.63. The standard InChI is InChI=1S/C25H18F6N6O/c1-36-12-18(24(26,27)28)32-21(36)15-5-3-14(4-6-15)11-20-34-23(38-35-20)17-9-7-16(8-10-17)22-33-19(13-37(22)2)25(29,30)31/h3-10,12-13H,11H2,1-2H3. The van der Waals surface area contributed by atoms with E-state index in [1.54, 1.807) is 48.5 Å². The van der Waals surface area contributed by atoms with E-state index in [2.05, 4.69) is 20.1 Å². The van der Waals surface area contributed by atoms with Crippen molar-refractivity contribution in [3.8, 4) is 34.2 Å². The van der Waals surface area contributed by atoms with Gasteiger partial charge in [0.1, 0.15) is 11.6 Å². The zero-order valence-electron chi connectivity index (χ0n) is 19.8. The van der Waals surface area contributed by atoms with Crippen LogP contribution in [0.25, 0.3) is 34.2 Å². The summed E-state index contributed by atoms with van der Waals surface area (Å²) in [5, 5.41) is 3.97. The number of halogens is 6. The second-order valence-corrected chi connectivity index (χ2v) is 8.58. The maximum atomic E-state index is 12.9. The molecule has 0 bridgehead atoms. The second kappa shape index (κ2) is 9.15. The van der Waals surface area contributed by atoms with E-state index < -0.39 is 23.7 Å². The second-order valence-electron chi connectivity index (χ2n) is 8.58. The average molecular weight is 532 g/mol. The van der Waals surface area contributed by atoms with E-state index in [-0.39, 0.29) is 17.5 Å². The van der Waals surface area contributed by atoms with Gasteiger partial charge in [-0.05, 0) is 17.7 Å². The summed E-state index contributed by atoms with van der Waals surface area (Å²) in [7, 11) is 2.98. The Morgan fingerprint density at radius 3 is 1.55 bits per heavy atom. The minimum Gasteiger partial charge on any atom is -0.334 e. The van der Waals surface area contributed by atoms with E-state index >= 15 is 0 Å². The molecule has 0 saturated heterocycles. The summed E-state index contributed by atoms with van der Waals surface area (Å²) in [6, 6.07) is 13.3. The first kappa shape index (κ1) is 25.2. The highest BCUT2D eigenvalue weighted by Crippen LogP contribution is 2.32. The van der Waals surface area contributed by atoms with Gasteiger partial charge < -0.3 is 13.7 Å². The SMILES string of the molecule is Cn1cc(C(F)(F)F)nc1-c1ccc(Cc2noc(-c3ccc(-c4nc(C(F)(F)F)cn4C)cc3)n2)cc1. The van der Waals surface area contributed by atoms with Gasteiger partial charge in [-0.2, -0.15) is 31.3 Å². The Balaban J connectivity index is 1.29. The lowest BCUT2D eigenvalue weighted by atomic mass is 10.1. The van der Waals surface area contributed by atoms with Crippen molar-refractivity contribution in [3.63, 3.8) is 0 Å². The Hall–Kier alpha value is -4.42.